The summed E-state index contributed by atoms with van der Waals surface area (Å²) in [5.41, 5.74) is -0.0145. The Balaban J connectivity index is 2.11. The molecule has 1 aromatic carbocycles. The normalized spacial score (nSPS) is 15.7. The molecule has 1 fully saturated rings. The second kappa shape index (κ2) is 6.41. The van der Waals surface area contributed by atoms with E-state index in [1.807, 2.05) is 0 Å². The molecule has 1 aliphatic rings. The van der Waals surface area contributed by atoms with Crippen LogP contribution in [0, 0.1) is 5.92 Å². The highest BCUT2D eigenvalue weighted by molar-refractivity contribution is 5.87. The van der Waals surface area contributed by atoms with Crippen LogP contribution in [-0.4, -0.2) is 19.0 Å². The third kappa shape index (κ3) is 3.29. The minimum Gasteiger partial charge on any atom is -0.545 e. The Morgan fingerprint density at radius 3 is 2.45 bits per heavy atom. The number of rotatable bonds is 4. The molecule has 0 bridgehead atoms. The van der Waals surface area contributed by atoms with Crippen molar-refractivity contribution in [2.75, 3.05) is 7.11 Å². The molecule has 0 saturated heterocycles. The van der Waals surface area contributed by atoms with Crippen LogP contribution in [-0.2, 0) is 4.79 Å². The van der Waals surface area contributed by atoms with Crippen molar-refractivity contribution >= 4 is 11.9 Å². The van der Waals surface area contributed by atoms with Crippen molar-refractivity contribution in [3.63, 3.8) is 0 Å². The Morgan fingerprint density at radius 1 is 1.15 bits per heavy atom. The van der Waals surface area contributed by atoms with Crippen LogP contribution < -0.4 is 14.6 Å². The minimum atomic E-state index is -1.30. The van der Waals surface area contributed by atoms with Crippen molar-refractivity contribution in [1.82, 2.24) is 0 Å². The molecule has 0 aromatic heterocycles. The zero-order chi connectivity index (χ0) is 14.5. The average molecular weight is 277 g/mol. The van der Waals surface area contributed by atoms with Gasteiger partial charge >= 0.3 is 5.97 Å². The lowest BCUT2D eigenvalue weighted by Gasteiger charge is -2.20. The predicted octanol–water partition coefficient (Wildman–Crippen LogP) is 1.54. The maximum Gasteiger partial charge on any atom is 0.314 e. The van der Waals surface area contributed by atoms with Gasteiger partial charge in [-0.2, -0.15) is 0 Å². The molecule has 0 N–H and O–H groups in total. The van der Waals surface area contributed by atoms with E-state index in [4.69, 9.17) is 9.47 Å². The molecule has 5 heteroatoms. The van der Waals surface area contributed by atoms with Crippen molar-refractivity contribution in [3.8, 4) is 11.5 Å². The summed E-state index contributed by atoms with van der Waals surface area (Å²) >= 11 is 0. The van der Waals surface area contributed by atoms with Crippen LogP contribution in [0.1, 0.15) is 42.5 Å². The first-order valence-electron chi connectivity index (χ1n) is 6.73. The Kier molecular flexibility index (Phi) is 4.61. The fraction of sp³-hybridized carbons (Fsp3) is 0.467. The van der Waals surface area contributed by atoms with Gasteiger partial charge in [0.25, 0.3) is 0 Å². The summed E-state index contributed by atoms with van der Waals surface area (Å²) < 4.78 is 10.4. The maximum atomic E-state index is 12.0. The van der Waals surface area contributed by atoms with E-state index in [1.165, 1.54) is 25.3 Å². The molecular weight excluding hydrogens is 260 g/mol. The van der Waals surface area contributed by atoms with Crippen LogP contribution in [0.3, 0.4) is 0 Å². The standard InChI is InChI=1S/C15H18O5/c1-19-13-9-11(14(16)17)7-8-12(13)20-15(18)10-5-3-2-4-6-10/h7-10H,2-6H2,1H3,(H,16,17)/p-1. The van der Waals surface area contributed by atoms with Gasteiger partial charge in [0, 0.05) is 5.56 Å². The number of benzene rings is 1. The van der Waals surface area contributed by atoms with Gasteiger partial charge in [-0.3, -0.25) is 4.79 Å². The molecule has 0 atom stereocenters. The van der Waals surface area contributed by atoms with Gasteiger partial charge in [-0.15, -0.1) is 0 Å². The number of hydrogen-bond donors (Lipinski definition) is 0. The van der Waals surface area contributed by atoms with Gasteiger partial charge in [0.2, 0.25) is 0 Å². The molecule has 5 nitrogen and oxygen atoms in total. The average Bonchev–Trinajstić information content (AvgIpc) is 2.48. The smallest absolute Gasteiger partial charge is 0.314 e. The van der Waals surface area contributed by atoms with Crippen molar-refractivity contribution in [2.45, 2.75) is 32.1 Å². The Bertz CT molecular complexity index is 503. The summed E-state index contributed by atoms with van der Waals surface area (Å²) in [4.78, 5) is 22.8. The third-order valence-electron chi connectivity index (χ3n) is 3.55. The van der Waals surface area contributed by atoms with Crippen LogP contribution in [0.5, 0.6) is 11.5 Å². The van der Waals surface area contributed by atoms with Crippen LogP contribution in [0.25, 0.3) is 0 Å². The summed E-state index contributed by atoms with van der Waals surface area (Å²) in [5.74, 6) is -1.18. The zero-order valence-corrected chi connectivity index (χ0v) is 11.4. The van der Waals surface area contributed by atoms with Crippen LogP contribution >= 0.6 is 0 Å². The number of ether oxygens (including phenoxy) is 2. The number of carboxylic acids is 1. The van der Waals surface area contributed by atoms with E-state index in [-0.39, 0.29) is 28.9 Å². The van der Waals surface area contributed by atoms with E-state index in [2.05, 4.69) is 0 Å². The largest absolute Gasteiger partial charge is 0.545 e. The van der Waals surface area contributed by atoms with Crippen LogP contribution in [0.2, 0.25) is 0 Å². The van der Waals surface area contributed by atoms with E-state index in [0.29, 0.717) is 0 Å². The van der Waals surface area contributed by atoms with Crippen molar-refractivity contribution in [1.29, 1.82) is 0 Å². The van der Waals surface area contributed by atoms with Gasteiger partial charge < -0.3 is 19.4 Å². The number of carbonyl (C=O) groups is 2. The molecule has 1 aromatic rings. The second-order valence-electron chi connectivity index (χ2n) is 4.91. The first-order chi connectivity index (χ1) is 9.61. The molecule has 1 saturated carbocycles. The maximum absolute atomic E-state index is 12.0. The molecule has 0 spiro atoms. The third-order valence-corrected chi connectivity index (χ3v) is 3.55. The van der Waals surface area contributed by atoms with Crippen molar-refractivity contribution in [2.24, 2.45) is 5.92 Å². The number of methoxy groups -OCH3 is 1. The molecule has 0 unspecified atom stereocenters. The van der Waals surface area contributed by atoms with Gasteiger partial charge in [-0.05, 0) is 31.0 Å². The lowest BCUT2D eigenvalue weighted by atomic mass is 9.89. The number of esters is 1. The van der Waals surface area contributed by atoms with E-state index >= 15 is 0 Å². The van der Waals surface area contributed by atoms with Crippen molar-refractivity contribution < 1.29 is 24.2 Å². The molecule has 0 radical (unpaired) electrons. The summed E-state index contributed by atoms with van der Waals surface area (Å²) in [7, 11) is 1.40. The first-order valence-corrected chi connectivity index (χ1v) is 6.73. The predicted molar refractivity (Wildman–Crippen MR) is 69.5 cm³/mol. The van der Waals surface area contributed by atoms with Gasteiger partial charge in [-0.25, -0.2) is 0 Å². The molecule has 1 aliphatic carbocycles. The van der Waals surface area contributed by atoms with Gasteiger partial charge in [-0.1, -0.05) is 19.3 Å². The van der Waals surface area contributed by atoms with Gasteiger partial charge in [0.05, 0.1) is 19.0 Å². The first kappa shape index (κ1) is 14.4. The van der Waals surface area contributed by atoms with Gasteiger partial charge in [0.1, 0.15) is 0 Å². The highest BCUT2D eigenvalue weighted by atomic mass is 16.6. The van der Waals surface area contributed by atoms with E-state index in [9.17, 15) is 14.7 Å². The zero-order valence-electron chi connectivity index (χ0n) is 11.4. The highest BCUT2D eigenvalue weighted by Crippen LogP contribution is 2.31. The highest BCUT2D eigenvalue weighted by Gasteiger charge is 2.24. The lowest BCUT2D eigenvalue weighted by molar-refractivity contribution is -0.255. The quantitative estimate of drug-likeness (QED) is 0.616. The fourth-order valence-corrected chi connectivity index (χ4v) is 2.41. The number of carboxylic acid groups (broad SMARTS) is 1. The summed E-state index contributed by atoms with van der Waals surface area (Å²) in [6, 6.07) is 4.05. The SMILES string of the molecule is COc1cc(C(=O)[O-])ccc1OC(=O)C1CCCCC1. The van der Waals surface area contributed by atoms with Gasteiger partial charge in [0.15, 0.2) is 11.5 Å². The Morgan fingerprint density at radius 2 is 1.85 bits per heavy atom. The number of aromatic carboxylic acids is 1. The van der Waals surface area contributed by atoms with E-state index < -0.39 is 5.97 Å². The lowest BCUT2D eigenvalue weighted by Crippen LogP contribution is -2.24. The van der Waals surface area contributed by atoms with Crippen LogP contribution in [0.15, 0.2) is 18.2 Å². The molecular formula is C15H17O5-. The summed E-state index contributed by atoms with van der Waals surface area (Å²) in [6.45, 7) is 0. The minimum absolute atomic E-state index is 0.0145. The van der Waals surface area contributed by atoms with Crippen LogP contribution in [0.4, 0.5) is 0 Å². The molecule has 0 heterocycles. The van der Waals surface area contributed by atoms with E-state index in [1.54, 1.807) is 0 Å². The fourth-order valence-electron chi connectivity index (χ4n) is 2.41. The number of hydrogen-bond acceptors (Lipinski definition) is 5. The summed E-state index contributed by atoms with van der Waals surface area (Å²) in [5, 5.41) is 10.8. The number of carbonyl (C=O) groups excluding carboxylic acids is 2. The Labute approximate surface area is 117 Å². The Hall–Kier alpha value is -2.04. The molecule has 108 valence electrons. The monoisotopic (exact) mass is 277 g/mol. The molecule has 2 rings (SSSR count). The molecule has 0 aliphatic heterocycles. The van der Waals surface area contributed by atoms with E-state index in [0.717, 1.165) is 32.1 Å². The topological polar surface area (TPSA) is 75.7 Å². The molecule has 0 amide bonds. The van der Waals surface area contributed by atoms with Crippen molar-refractivity contribution in [3.05, 3.63) is 23.8 Å². The summed E-state index contributed by atoms with van der Waals surface area (Å²) in [6.07, 6.45) is 4.94. The second-order valence-corrected chi connectivity index (χ2v) is 4.91. The molecule has 20 heavy (non-hydrogen) atoms.